The van der Waals surface area contributed by atoms with Gasteiger partial charge in [0.2, 0.25) is 5.89 Å². The van der Waals surface area contributed by atoms with E-state index in [1.807, 2.05) is 24.3 Å². The van der Waals surface area contributed by atoms with Crippen LogP contribution < -0.4 is 5.32 Å². The lowest BCUT2D eigenvalue weighted by Crippen LogP contribution is -2.49. The van der Waals surface area contributed by atoms with Crippen LogP contribution in [0.15, 0.2) is 28.7 Å². The molecule has 0 radical (unpaired) electrons. The third-order valence-electron chi connectivity index (χ3n) is 3.32. The Morgan fingerprint density at radius 2 is 2.35 bits per heavy atom. The van der Waals surface area contributed by atoms with E-state index in [0.717, 1.165) is 43.2 Å². The van der Waals surface area contributed by atoms with E-state index >= 15 is 0 Å². The van der Waals surface area contributed by atoms with E-state index in [1.54, 1.807) is 0 Å². The van der Waals surface area contributed by atoms with Crippen molar-refractivity contribution in [1.29, 1.82) is 0 Å². The van der Waals surface area contributed by atoms with Crippen molar-refractivity contribution in [2.24, 2.45) is 0 Å². The molecule has 1 aromatic carbocycles. The zero-order chi connectivity index (χ0) is 11.7. The van der Waals surface area contributed by atoms with Gasteiger partial charge >= 0.3 is 0 Å². The van der Waals surface area contributed by atoms with Gasteiger partial charge in [0.05, 0.1) is 6.54 Å². The smallest absolute Gasteiger partial charge is 0.209 e. The lowest BCUT2D eigenvalue weighted by molar-refractivity contribution is 0.152. The van der Waals surface area contributed by atoms with E-state index in [0.29, 0.717) is 6.04 Å². The number of piperazine rings is 1. The minimum absolute atomic E-state index is 0.541. The zero-order valence-electron chi connectivity index (χ0n) is 10.0. The number of benzene rings is 1. The number of rotatable bonds is 2. The standard InChI is InChI=1S/C13H17N3O/c1-10-8-14-6-7-16(10)9-13-15-11-4-2-3-5-12(11)17-13/h2-5,10,14H,6-9H2,1H3/t10-/m1/s1. The Balaban J connectivity index is 1.79. The van der Waals surface area contributed by atoms with Crippen LogP contribution in [0.3, 0.4) is 0 Å². The second-order valence-corrected chi connectivity index (χ2v) is 4.60. The summed E-state index contributed by atoms with van der Waals surface area (Å²) in [5, 5.41) is 3.38. The van der Waals surface area contributed by atoms with Gasteiger partial charge in [-0.3, -0.25) is 4.90 Å². The molecule has 0 aliphatic carbocycles. The molecule has 0 bridgehead atoms. The van der Waals surface area contributed by atoms with E-state index < -0.39 is 0 Å². The van der Waals surface area contributed by atoms with Crippen molar-refractivity contribution in [3.8, 4) is 0 Å². The Bertz CT molecular complexity index is 475. The van der Waals surface area contributed by atoms with Gasteiger partial charge in [-0.1, -0.05) is 12.1 Å². The fourth-order valence-electron chi connectivity index (χ4n) is 2.28. The number of hydrogen-bond donors (Lipinski definition) is 1. The molecular formula is C13H17N3O. The predicted octanol–water partition coefficient (Wildman–Crippen LogP) is 1.62. The number of nitrogens with zero attached hydrogens (tertiary/aromatic N) is 2. The van der Waals surface area contributed by atoms with Gasteiger partial charge in [0.1, 0.15) is 5.52 Å². The third-order valence-corrected chi connectivity index (χ3v) is 3.32. The molecule has 1 atom stereocenters. The highest BCUT2D eigenvalue weighted by Gasteiger charge is 2.19. The SMILES string of the molecule is C[C@@H]1CNCCN1Cc1nc2ccccc2o1. The first kappa shape index (κ1) is 10.7. The monoisotopic (exact) mass is 231 g/mol. The van der Waals surface area contributed by atoms with Gasteiger partial charge < -0.3 is 9.73 Å². The Labute approximate surface area is 101 Å². The summed E-state index contributed by atoms with van der Waals surface area (Å²) in [4.78, 5) is 6.92. The van der Waals surface area contributed by atoms with Crippen LogP contribution in [0.4, 0.5) is 0 Å². The van der Waals surface area contributed by atoms with Gasteiger partial charge in [-0.25, -0.2) is 4.98 Å². The summed E-state index contributed by atoms with van der Waals surface area (Å²) in [6.45, 7) is 6.18. The molecule has 1 aliphatic rings. The average Bonchev–Trinajstić information content (AvgIpc) is 2.74. The molecule has 4 nitrogen and oxygen atoms in total. The highest BCUT2D eigenvalue weighted by atomic mass is 16.3. The fourth-order valence-corrected chi connectivity index (χ4v) is 2.28. The van der Waals surface area contributed by atoms with Gasteiger partial charge in [-0.15, -0.1) is 0 Å². The highest BCUT2D eigenvalue weighted by molar-refractivity contribution is 5.72. The van der Waals surface area contributed by atoms with Crippen molar-refractivity contribution in [3.05, 3.63) is 30.2 Å². The van der Waals surface area contributed by atoms with Crippen LogP contribution >= 0.6 is 0 Å². The quantitative estimate of drug-likeness (QED) is 0.852. The summed E-state index contributed by atoms with van der Waals surface area (Å²) in [6.07, 6.45) is 0. The van der Waals surface area contributed by atoms with E-state index in [1.165, 1.54) is 0 Å². The lowest BCUT2D eigenvalue weighted by atomic mass is 10.2. The average molecular weight is 231 g/mol. The van der Waals surface area contributed by atoms with E-state index in [9.17, 15) is 0 Å². The Morgan fingerprint density at radius 1 is 1.47 bits per heavy atom. The summed E-state index contributed by atoms with van der Waals surface area (Å²) < 4.78 is 5.75. The summed E-state index contributed by atoms with van der Waals surface area (Å²) in [7, 11) is 0. The largest absolute Gasteiger partial charge is 0.439 e. The van der Waals surface area contributed by atoms with E-state index in [2.05, 4.69) is 22.1 Å². The summed E-state index contributed by atoms with van der Waals surface area (Å²) in [6, 6.07) is 8.46. The first-order valence-electron chi connectivity index (χ1n) is 6.12. The van der Waals surface area contributed by atoms with Gasteiger partial charge in [-0.2, -0.15) is 0 Å². The van der Waals surface area contributed by atoms with Crippen LogP contribution in [0.2, 0.25) is 0 Å². The first-order valence-corrected chi connectivity index (χ1v) is 6.12. The summed E-state index contributed by atoms with van der Waals surface area (Å²) in [5.74, 6) is 0.819. The van der Waals surface area contributed by atoms with Crippen molar-refractivity contribution in [3.63, 3.8) is 0 Å². The number of para-hydroxylation sites is 2. The predicted molar refractivity (Wildman–Crippen MR) is 66.8 cm³/mol. The molecular weight excluding hydrogens is 214 g/mol. The van der Waals surface area contributed by atoms with Crippen LogP contribution in [0.5, 0.6) is 0 Å². The Kier molecular flexibility index (Phi) is 2.82. The number of aromatic nitrogens is 1. The molecule has 1 saturated heterocycles. The number of oxazole rings is 1. The Hall–Kier alpha value is -1.39. The lowest BCUT2D eigenvalue weighted by Gasteiger charge is -2.32. The summed E-state index contributed by atoms with van der Waals surface area (Å²) in [5.41, 5.74) is 1.83. The molecule has 17 heavy (non-hydrogen) atoms. The molecule has 1 aromatic heterocycles. The van der Waals surface area contributed by atoms with Crippen LogP contribution in [-0.4, -0.2) is 35.6 Å². The minimum Gasteiger partial charge on any atom is -0.439 e. The van der Waals surface area contributed by atoms with E-state index in [-0.39, 0.29) is 0 Å². The molecule has 3 rings (SSSR count). The maximum Gasteiger partial charge on any atom is 0.209 e. The minimum atomic E-state index is 0.541. The van der Waals surface area contributed by atoms with Crippen LogP contribution in [0, 0.1) is 0 Å². The normalized spacial score (nSPS) is 22.1. The second-order valence-electron chi connectivity index (χ2n) is 4.60. The number of nitrogens with one attached hydrogen (secondary N) is 1. The van der Waals surface area contributed by atoms with Crippen molar-refractivity contribution < 1.29 is 4.42 Å². The molecule has 2 heterocycles. The van der Waals surface area contributed by atoms with Crippen molar-refractivity contribution in [1.82, 2.24) is 15.2 Å². The first-order chi connectivity index (χ1) is 8.33. The highest BCUT2D eigenvalue weighted by Crippen LogP contribution is 2.17. The maximum atomic E-state index is 5.75. The van der Waals surface area contributed by atoms with Gasteiger partial charge in [0, 0.05) is 25.7 Å². The van der Waals surface area contributed by atoms with E-state index in [4.69, 9.17) is 4.42 Å². The molecule has 1 aliphatic heterocycles. The molecule has 4 heteroatoms. The van der Waals surface area contributed by atoms with Crippen molar-refractivity contribution in [2.75, 3.05) is 19.6 Å². The third kappa shape index (κ3) is 2.18. The fraction of sp³-hybridized carbons (Fsp3) is 0.462. The maximum absolute atomic E-state index is 5.75. The van der Waals surface area contributed by atoms with Gasteiger partial charge in [0.25, 0.3) is 0 Å². The van der Waals surface area contributed by atoms with Crippen molar-refractivity contribution in [2.45, 2.75) is 19.5 Å². The number of fused-ring (bicyclic) bond motifs is 1. The molecule has 0 saturated carbocycles. The van der Waals surface area contributed by atoms with Crippen LogP contribution in [0.1, 0.15) is 12.8 Å². The van der Waals surface area contributed by atoms with Gasteiger partial charge in [0.15, 0.2) is 5.58 Å². The molecule has 1 N–H and O–H groups in total. The molecule has 0 spiro atoms. The molecule has 1 fully saturated rings. The molecule has 2 aromatic rings. The van der Waals surface area contributed by atoms with Crippen LogP contribution in [-0.2, 0) is 6.54 Å². The topological polar surface area (TPSA) is 41.3 Å². The zero-order valence-corrected chi connectivity index (χ0v) is 10.0. The summed E-state index contributed by atoms with van der Waals surface area (Å²) >= 11 is 0. The van der Waals surface area contributed by atoms with Crippen molar-refractivity contribution >= 4 is 11.1 Å². The Morgan fingerprint density at radius 3 is 3.18 bits per heavy atom. The second kappa shape index (κ2) is 4.47. The van der Waals surface area contributed by atoms with Crippen LogP contribution in [0.25, 0.3) is 11.1 Å². The van der Waals surface area contributed by atoms with Gasteiger partial charge in [-0.05, 0) is 19.1 Å². The molecule has 90 valence electrons. The molecule has 0 amide bonds. The number of hydrogen-bond acceptors (Lipinski definition) is 4. The molecule has 0 unspecified atom stereocenters.